The zero-order chi connectivity index (χ0) is 17.5. The summed E-state index contributed by atoms with van der Waals surface area (Å²) < 4.78 is 11.1. The molecule has 1 amide bonds. The van der Waals surface area contributed by atoms with E-state index in [9.17, 15) is 9.59 Å². The smallest absolute Gasteiger partial charge is 0.265 e. The van der Waals surface area contributed by atoms with E-state index in [4.69, 9.17) is 21.1 Å². The molecule has 1 N–H and O–H groups in total. The molecule has 126 valence electrons. The summed E-state index contributed by atoms with van der Waals surface area (Å²) in [5.74, 6) is 0.500. The molecule has 0 saturated carbocycles. The molecule has 1 atom stereocenters. The molecule has 0 aliphatic carbocycles. The third-order valence-corrected chi connectivity index (χ3v) is 3.40. The van der Waals surface area contributed by atoms with E-state index >= 15 is 0 Å². The van der Waals surface area contributed by atoms with Crippen molar-refractivity contribution in [3.63, 3.8) is 0 Å². The Morgan fingerprint density at radius 3 is 2.71 bits per heavy atom. The number of amides is 1. The number of ether oxygens (including phenoxy) is 2. The monoisotopic (exact) mass is 347 g/mol. The third kappa shape index (κ3) is 4.73. The van der Waals surface area contributed by atoms with E-state index in [1.54, 1.807) is 49.4 Å². The van der Waals surface area contributed by atoms with Gasteiger partial charge in [0, 0.05) is 16.3 Å². The van der Waals surface area contributed by atoms with Crippen molar-refractivity contribution in [3.05, 3.63) is 53.1 Å². The van der Waals surface area contributed by atoms with Gasteiger partial charge in [0.15, 0.2) is 17.6 Å². The van der Waals surface area contributed by atoms with Crippen LogP contribution in [0.2, 0.25) is 5.02 Å². The van der Waals surface area contributed by atoms with Crippen molar-refractivity contribution in [3.8, 4) is 11.5 Å². The Bertz CT molecular complexity index is 733. The van der Waals surface area contributed by atoms with Gasteiger partial charge in [-0.2, -0.15) is 0 Å². The van der Waals surface area contributed by atoms with E-state index in [2.05, 4.69) is 5.32 Å². The predicted molar refractivity (Wildman–Crippen MR) is 93.2 cm³/mol. The Morgan fingerprint density at radius 1 is 1.25 bits per heavy atom. The molecule has 0 aromatic heterocycles. The van der Waals surface area contributed by atoms with Crippen LogP contribution in [0.15, 0.2) is 42.5 Å². The van der Waals surface area contributed by atoms with E-state index in [-0.39, 0.29) is 5.91 Å². The minimum Gasteiger partial charge on any atom is -0.490 e. The number of benzene rings is 2. The summed E-state index contributed by atoms with van der Waals surface area (Å²) in [7, 11) is 0. The lowest BCUT2D eigenvalue weighted by atomic mass is 10.2. The second kappa shape index (κ2) is 8.36. The maximum absolute atomic E-state index is 12.2. The zero-order valence-corrected chi connectivity index (χ0v) is 14.2. The number of nitrogens with one attached hydrogen (secondary N) is 1. The number of carbonyl (C=O) groups is 2. The maximum Gasteiger partial charge on any atom is 0.265 e. The number of halogens is 1. The van der Waals surface area contributed by atoms with Gasteiger partial charge in [0.25, 0.3) is 5.91 Å². The van der Waals surface area contributed by atoms with Gasteiger partial charge in [-0.1, -0.05) is 17.7 Å². The first kappa shape index (κ1) is 17.8. The molecule has 2 aromatic carbocycles. The number of anilines is 1. The van der Waals surface area contributed by atoms with E-state index in [1.807, 2.05) is 6.92 Å². The predicted octanol–water partition coefficient (Wildman–Crippen LogP) is 3.96. The number of aldehydes is 1. The Morgan fingerprint density at radius 2 is 2.04 bits per heavy atom. The van der Waals surface area contributed by atoms with Gasteiger partial charge in [0.2, 0.25) is 0 Å². The van der Waals surface area contributed by atoms with Crippen LogP contribution in [-0.2, 0) is 4.79 Å². The summed E-state index contributed by atoms with van der Waals surface area (Å²) in [6.45, 7) is 3.87. The van der Waals surface area contributed by atoms with Crippen LogP contribution in [-0.4, -0.2) is 24.9 Å². The molecular weight excluding hydrogens is 330 g/mol. The Kier molecular flexibility index (Phi) is 6.21. The topological polar surface area (TPSA) is 64.6 Å². The fraction of sp³-hybridized carbons (Fsp3) is 0.222. The highest BCUT2D eigenvalue weighted by atomic mass is 35.5. The van der Waals surface area contributed by atoms with Crippen LogP contribution in [0, 0.1) is 0 Å². The number of rotatable bonds is 7. The summed E-state index contributed by atoms with van der Waals surface area (Å²) in [4.78, 5) is 23.1. The lowest BCUT2D eigenvalue weighted by Crippen LogP contribution is -2.30. The quantitative estimate of drug-likeness (QED) is 0.770. The summed E-state index contributed by atoms with van der Waals surface area (Å²) in [6, 6.07) is 11.6. The lowest BCUT2D eigenvalue weighted by molar-refractivity contribution is -0.122. The summed E-state index contributed by atoms with van der Waals surface area (Å²) in [5.41, 5.74) is 1.06. The summed E-state index contributed by atoms with van der Waals surface area (Å²) >= 11 is 5.89. The zero-order valence-electron chi connectivity index (χ0n) is 13.4. The second-order valence-electron chi connectivity index (χ2n) is 5.02. The lowest BCUT2D eigenvalue weighted by Gasteiger charge is -2.17. The highest BCUT2D eigenvalue weighted by Crippen LogP contribution is 2.29. The van der Waals surface area contributed by atoms with Crippen molar-refractivity contribution in [2.75, 3.05) is 11.9 Å². The van der Waals surface area contributed by atoms with Crippen LogP contribution in [0.1, 0.15) is 24.2 Å². The van der Waals surface area contributed by atoms with Crippen molar-refractivity contribution in [2.45, 2.75) is 20.0 Å². The molecule has 0 aliphatic heterocycles. The van der Waals surface area contributed by atoms with Gasteiger partial charge in [-0.25, -0.2) is 0 Å². The fourth-order valence-electron chi connectivity index (χ4n) is 2.02. The Balaban J connectivity index is 2.09. The highest BCUT2D eigenvalue weighted by molar-refractivity contribution is 6.30. The first-order valence-electron chi connectivity index (χ1n) is 7.48. The second-order valence-corrected chi connectivity index (χ2v) is 5.45. The molecule has 6 heteroatoms. The van der Waals surface area contributed by atoms with Crippen LogP contribution in [0.25, 0.3) is 0 Å². The molecule has 2 rings (SSSR count). The minimum atomic E-state index is -0.759. The normalized spacial score (nSPS) is 11.5. The van der Waals surface area contributed by atoms with Crippen LogP contribution in [0.4, 0.5) is 5.69 Å². The first-order valence-corrected chi connectivity index (χ1v) is 7.86. The fourth-order valence-corrected chi connectivity index (χ4v) is 2.21. The van der Waals surface area contributed by atoms with Crippen LogP contribution >= 0.6 is 11.6 Å². The molecular formula is C18H18ClNO4. The molecule has 2 aromatic rings. The maximum atomic E-state index is 12.2. The number of carbonyl (C=O) groups excluding carboxylic acids is 2. The Labute approximate surface area is 145 Å². The number of hydrogen-bond donors (Lipinski definition) is 1. The molecule has 0 bridgehead atoms. The molecule has 0 spiro atoms. The Hall–Kier alpha value is -2.53. The molecule has 0 heterocycles. The van der Waals surface area contributed by atoms with Crippen molar-refractivity contribution in [1.82, 2.24) is 0 Å². The molecule has 0 aliphatic rings. The highest BCUT2D eigenvalue weighted by Gasteiger charge is 2.17. The van der Waals surface area contributed by atoms with Gasteiger partial charge in [0.1, 0.15) is 6.29 Å². The average molecular weight is 348 g/mol. The van der Waals surface area contributed by atoms with E-state index in [1.165, 1.54) is 0 Å². The molecule has 0 radical (unpaired) electrons. The van der Waals surface area contributed by atoms with E-state index in [0.29, 0.717) is 34.4 Å². The van der Waals surface area contributed by atoms with Gasteiger partial charge < -0.3 is 14.8 Å². The van der Waals surface area contributed by atoms with Crippen LogP contribution in [0.5, 0.6) is 11.5 Å². The van der Waals surface area contributed by atoms with Crippen molar-refractivity contribution in [1.29, 1.82) is 0 Å². The summed E-state index contributed by atoms with van der Waals surface area (Å²) in [6.07, 6.45) is -0.0352. The molecule has 5 nitrogen and oxygen atoms in total. The minimum absolute atomic E-state index is 0.320. The van der Waals surface area contributed by atoms with E-state index < -0.39 is 6.10 Å². The van der Waals surface area contributed by atoms with Crippen molar-refractivity contribution >= 4 is 29.5 Å². The van der Waals surface area contributed by atoms with Crippen LogP contribution < -0.4 is 14.8 Å². The first-order chi connectivity index (χ1) is 11.5. The largest absolute Gasteiger partial charge is 0.490 e. The van der Waals surface area contributed by atoms with Gasteiger partial charge in [-0.3, -0.25) is 9.59 Å². The van der Waals surface area contributed by atoms with Gasteiger partial charge >= 0.3 is 0 Å². The molecule has 0 fully saturated rings. The third-order valence-electron chi connectivity index (χ3n) is 3.17. The van der Waals surface area contributed by atoms with Crippen LogP contribution in [0.3, 0.4) is 0 Å². The molecule has 24 heavy (non-hydrogen) atoms. The van der Waals surface area contributed by atoms with Gasteiger partial charge in [-0.15, -0.1) is 0 Å². The van der Waals surface area contributed by atoms with Crippen molar-refractivity contribution in [2.24, 2.45) is 0 Å². The van der Waals surface area contributed by atoms with Gasteiger partial charge in [-0.05, 0) is 50.2 Å². The SMILES string of the molecule is CCOc1cc(C=O)ccc1O[C@@H](C)C(=O)Nc1cccc(Cl)c1. The summed E-state index contributed by atoms with van der Waals surface area (Å²) in [5, 5.41) is 3.26. The van der Waals surface area contributed by atoms with E-state index in [0.717, 1.165) is 6.29 Å². The molecule has 0 unspecified atom stereocenters. The average Bonchev–Trinajstić information content (AvgIpc) is 2.56. The van der Waals surface area contributed by atoms with Gasteiger partial charge in [0.05, 0.1) is 6.61 Å². The van der Waals surface area contributed by atoms with Crippen molar-refractivity contribution < 1.29 is 19.1 Å². The molecule has 0 saturated heterocycles. The number of hydrogen-bond acceptors (Lipinski definition) is 4. The standard InChI is InChI=1S/C18H18ClNO4/c1-3-23-17-9-13(11-21)7-8-16(17)24-12(2)18(22)20-15-6-4-5-14(19)10-15/h4-12H,3H2,1-2H3,(H,20,22)/t12-/m0/s1.